The molecular formula is C20H25FN4O. The smallest absolute Gasteiger partial charge is 0.251 e. The first-order chi connectivity index (χ1) is 12.5. The van der Waals surface area contributed by atoms with Gasteiger partial charge in [-0.1, -0.05) is 36.4 Å². The Kier molecular flexibility index (Phi) is 7.14. The zero-order valence-electron chi connectivity index (χ0n) is 15.3. The van der Waals surface area contributed by atoms with E-state index in [9.17, 15) is 9.18 Å². The fourth-order valence-electron chi connectivity index (χ4n) is 2.42. The molecule has 0 aliphatic rings. The van der Waals surface area contributed by atoms with Crippen molar-refractivity contribution in [2.24, 2.45) is 4.99 Å². The number of hydrogen-bond donors (Lipinski definition) is 3. The summed E-state index contributed by atoms with van der Waals surface area (Å²) in [5, 5.41) is 9.20. The van der Waals surface area contributed by atoms with Crippen LogP contribution in [0.2, 0.25) is 0 Å². The van der Waals surface area contributed by atoms with Crippen LogP contribution in [0.25, 0.3) is 0 Å². The zero-order chi connectivity index (χ0) is 18.9. The lowest BCUT2D eigenvalue weighted by atomic mass is 10.1. The lowest BCUT2D eigenvalue weighted by Crippen LogP contribution is -2.42. The number of aliphatic imine (C=N–C) groups is 1. The van der Waals surface area contributed by atoms with Crippen LogP contribution >= 0.6 is 0 Å². The van der Waals surface area contributed by atoms with E-state index in [0.717, 1.165) is 5.56 Å². The molecule has 1 unspecified atom stereocenters. The molecule has 2 aromatic rings. The van der Waals surface area contributed by atoms with Crippen molar-refractivity contribution in [3.05, 3.63) is 71.0 Å². The molecule has 1 amide bonds. The van der Waals surface area contributed by atoms with Gasteiger partial charge in [0.05, 0.1) is 6.04 Å². The lowest BCUT2D eigenvalue weighted by molar-refractivity contribution is 0.0954. The van der Waals surface area contributed by atoms with Gasteiger partial charge in [-0.2, -0.15) is 0 Å². The number of guanidine groups is 1. The number of halogens is 1. The quantitative estimate of drug-likeness (QED) is 0.424. The minimum Gasteiger partial charge on any atom is -0.355 e. The van der Waals surface area contributed by atoms with Crippen molar-refractivity contribution in [3.8, 4) is 0 Å². The number of benzene rings is 2. The van der Waals surface area contributed by atoms with Gasteiger partial charge in [-0.05, 0) is 37.1 Å². The van der Waals surface area contributed by atoms with Gasteiger partial charge in [0, 0.05) is 25.7 Å². The maximum Gasteiger partial charge on any atom is 0.251 e. The summed E-state index contributed by atoms with van der Waals surface area (Å²) in [6, 6.07) is 14.6. The van der Waals surface area contributed by atoms with E-state index in [1.807, 2.05) is 30.3 Å². The summed E-state index contributed by atoms with van der Waals surface area (Å²) in [6.45, 7) is 4.61. The molecule has 6 heteroatoms. The van der Waals surface area contributed by atoms with Crippen molar-refractivity contribution in [1.82, 2.24) is 16.0 Å². The highest BCUT2D eigenvalue weighted by atomic mass is 19.1. The van der Waals surface area contributed by atoms with E-state index in [0.29, 0.717) is 30.2 Å². The fourth-order valence-corrected chi connectivity index (χ4v) is 2.42. The Morgan fingerprint density at radius 1 is 1.12 bits per heavy atom. The van der Waals surface area contributed by atoms with E-state index in [1.165, 1.54) is 6.07 Å². The normalized spacial score (nSPS) is 12.4. The summed E-state index contributed by atoms with van der Waals surface area (Å²) in [5.74, 6) is -0.0291. The van der Waals surface area contributed by atoms with Gasteiger partial charge >= 0.3 is 0 Å². The standard InChI is InChI=1S/C20H25FN4O/c1-14-9-10-17(13-18(14)21)19(26)23-11-12-24-20(22-3)25-15(2)16-7-5-4-6-8-16/h4-10,13,15H,11-12H2,1-3H3,(H,23,26)(H2,22,24,25). The summed E-state index contributed by atoms with van der Waals surface area (Å²) >= 11 is 0. The number of rotatable bonds is 6. The summed E-state index contributed by atoms with van der Waals surface area (Å²) in [5.41, 5.74) is 1.99. The molecule has 5 nitrogen and oxygen atoms in total. The van der Waals surface area contributed by atoms with E-state index in [-0.39, 0.29) is 17.8 Å². The molecule has 1 atom stereocenters. The molecule has 0 radical (unpaired) electrons. The summed E-state index contributed by atoms with van der Waals surface area (Å²) in [4.78, 5) is 16.2. The third kappa shape index (κ3) is 5.58. The topological polar surface area (TPSA) is 65.5 Å². The summed E-state index contributed by atoms with van der Waals surface area (Å²) < 4.78 is 13.5. The molecule has 26 heavy (non-hydrogen) atoms. The van der Waals surface area contributed by atoms with Crippen molar-refractivity contribution in [1.29, 1.82) is 0 Å². The molecular weight excluding hydrogens is 331 g/mol. The van der Waals surface area contributed by atoms with Gasteiger partial charge in [-0.3, -0.25) is 9.79 Å². The van der Waals surface area contributed by atoms with Gasteiger partial charge in [0.1, 0.15) is 5.82 Å². The molecule has 0 aliphatic heterocycles. The van der Waals surface area contributed by atoms with Crippen LogP contribution in [0.3, 0.4) is 0 Å². The highest BCUT2D eigenvalue weighted by Gasteiger charge is 2.09. The molecule has 0 saturated carbocycles. The minimum atomic E-state index is -0.379. The number of carbonyl (C=O) groups excluding carboxylic acids is 1. The Balaban J connectivity index is 1.77. The van der Waals surface area contributed by atoms with Crippen LogP contribution in [0.15, 0.2) is 53.5 Å². The Hall–Kier alpha value is -2.89. The predicted molar refractivity (Wildman–Crippen MR) is 103 cm³/mol. The number of amides is 1. The second-order valence-corrected chi connectivity index (χ2v) is 6.00. The first-order valence-corrected chi connectivity index (χ1v) is 8.57. The Morgan fingerprint density at radius 2 is 1.81 bits per heavy atom. The third-order valence-electron chi connectivity index (χ3n) is 4.01. The van der Waals surface area contributed by atoms with Crippen LogP contribution in [0.4, 0.5) is 4.39 Å². The van der Waals surface area contributed by atoms with Crippen LogP contribution in [-0.4, -0.2) is 32.0 Å². The van der Waals surface area contributed by atoms with Gasteiger partial charge < -0.3 is 16.0 Å². The Labute approximate surface area is 153 Å². The second-order valence-electron chi connectivity index (χ2n) is 6.00. The third-order valence-corrected chi connectivity index (χ3v) is 4.01. The van der Waals surface area contributed by atoms with Crippen LogP contribution < -0.4 is 16.0 Å². The van der Waals surface area contributed by atoms with Gasteiger partial charge in [0.25, 0.3) is 5.91 Å². The molecule has 0 heterocycles. The van der Waals surface area contributed by atoms with E-state index in [4.69, 9.17) is 0 Å². The number of nitrogens with zero attached hydrogens (tertiary/aromatic N) is 1. The van der Waals surface area contributed by atoms with Crippen LogP contribution in [0.1, 0.15) is 34.5 Å². The van der Waals surface area contributed by atoms with E-state index < -0.39 is 0 Å². The number of hydrogen-bond acceptors (Lipinski definition) is 2. The number of carbonyl (C=O) groups is 1. The van der Waals surface area contributed by atoms with Crippen LogP contribution in [0, 0.1) is 12.7 Å². The van der Waals surface area contributed by atoms with E-state index in [2.05, 4.69) is 27.9 Å². The second kappa shape index (κ2) is 9.56. The fraction of sp³-hybridized carbons (Fsp3) is 0.300. The predicted octanol–water partition coefficient (Wildman–Crippen LogP) is 2.79. The molecule has 0 saturated heterocycles. The van der Waals surface area contributed by atoms with E-state index in [1.54, 1.807) is 26.1 Å². The largest absolute Gasteiger partial charge is 0.355 e. The monoisotopic (exact) mass is 356 g/mol. The average molecular weight is 356 g/mol. The first kappa shape index (κ1) is 19.4. The Bertz CT molecular complexity index is 762. The van der Waals surface area contributed by atoms with Crippen molar-refractivity contribution in [2.75, 3.05) is 20.1 Å². The molecule has 0 fully saturated rings. The van der Waals surface area contributed by atoms with Gasteiger partial charge in [-0.15, -0.1) is 0 Å². The number of nitrogens with one attached hydrogen (secondary N) is 3. The zero-order valence-corrected chi connectivity index (χ0v) is 15.3. The van der Waals surface area contributed by atoms with Gasteiger partial charge in [-0.25, -0.2) is 4.39 Å². The molecule has 138 valence electrons. The number of aryl methyl sites for hydroxylation is 1. The van der Waals surface area contributed by atoms with Crippen LogP contribution in [0.5, 0.6) is 0 Å². The molecule has 2 aromatic carbocycles. The maximum atomic E-state index is 13.5. The summed E-state index contributed by atoms with van der Waals surface area (Å²) in [7, 11) is 1.70. The molecule has 2 rings (SSSR count). The lowest BCUT2D eigenvalue weighted by Gasteiger charge is -2.18. The molecule has 0 aliphatic carbocycles. The van der Waals surface area contributed by atoms with E-state index >= 15 is 0 Å². The maximum absolute atomic E-state index is 13.5. The van der Waals surface area contributed by atoms with Gasteiger partial charge in [0.2, 0.25) is 0 Å². The SMILES string of the molecule is CN=C(NCCNC(=O)c1ccc(C)c(F)c1)NC(C)c1ccccc1. The van der Waals surface area contributed by atoms with Crippen molar-refractivity contribution < 1.29 is 9.18 Å². The van der Waals surface area contributed by atoms with Crippen LogP contribution in [-0.2, 0) is 0 Å². The highest BCUT2D eigenvalue weighted by molar-refractivity contribution is 5.94. The molecule has 0 bridgehead atoms. The summed E-state index contributed by atoms with van der Waals surface area (Å²) in [6.07, 6.45) is 0. The van der Waals surface area contributed by atoms with Crippen molar-refractivity contribution >= 4 is 11.9 Å². The molecule has 3 N–H and O–H groups in total. The average Bonchev–Trinajstić information content (AvgIpc) is 2.66. The minimum absolute atomic E-state index is 0.104. The Morgan fingerprint density at radius 3 is 2.46 bits per heavy atom. The van der Waals surface area contributed by atoms with Gasteiger partial charge in [0.15, 0.2) is 5.96 Å². The highest BCUT2D eigenvalue weighted by Crippen LogP contribution is 2.10. The van der Waals surface area contributed by atoms with Crippen molar-refractivity contribution in [2.45, 2.75) is 19.9 Å². The van der Waals surface area contributed by atoms with Crippen molar-refractivity contribution in [3.63, 3.8) is 0 Å². The molecule has 0 spiro atoms. The first-order valence-electron chi connectivity index (χ1n) is 8.57. The molecule has 0 aromatic heterocycles.